The number of ether oxygens (including phenoxy) is 2. The van der Waals surface area contributed by atoms with E-state index >= 15 is 0 Å². The first kappa shape index (κ1) is 27.9. The predicted octanol–water partition coefficient (Wildman–Crippen LogP) is 2.45. The van der Waals surface area contributed by atoms with E-state index in [1.807, 2.05) is 37.3 Å². The molecule has 1 amide bonds. The van der Waals surface area contributed by atoms with E-state index in [0.29, 0.717) is 48.8 Å². The van der Waals surface area contributed by atoms with E-state index < -0.39 is 0 Å². The summed E-state index contributed by atoms with van der Waals surface area (Å²) in [7, 11) is 3.23. The molecule has 1 aromatic carbocycles. The van der Waals surface area contributed by atoms with Crippen LogP contribution < -0.4 is 16.7 Å². The van der Waals surface area contributed by atoms with E-state index in [-0.39, 0.29) is 24.5 Å². The molecular formula is C24H35N7O4. The van der Waals surface area contributed by atoms with Gasteiger partial charge in [-0.05, 0) is 31.9 Å². The van der Waals surface area contributed by atoms with Gasteiger partial charge in [0.2, 0.25) is 5.91 Å². The van der Waals surface area contributed by atoms with Gasteiger partial charge in [-0.25, -0.2) is 4.98 Å². The highest BCUT2D eigenvalue weighted by atomic mass is 16.6. The highest BCUT2D eigenvalue weighted by Crippen LogP contribution is 2.11. The Balaban J connectivity index is 1.94. The van der Waals surface area contributed by atoms with E-state index in [0.717, 1.165) is 6.42 Å². The number of carbonyl (C=O) groups is 1. The Bertz CT molecular complexity index is 950. The maximum Gasteiger partial charge on any atom is 0.225 e. The SMILES string of the molecule is CCOC(CCCC(=O)Nc1cccc(CO/N=C(\C(=N)N(C)NN)c2ccccc2)n1)COC. The monoisotopic (exact) mass is 485 g/mol. The molecule has 0 radical (unpaired) electrons. The largest absolute Gasteiger partial charge is 0.389 e. The van der Waals surface area contributed by atoms with Crippen LogP contribution in [0.5, 0.6) is 0 Å². The van der Waals surface area contributed by atoms with Crippen LogP contribution in [0.4, 0.5) is 5.82 Å². The van der Waals surface area contributed by atoms with Gasteiger partial charge in [0.25, 0.3) is 0 Å². The number of methoxy groups -OCH3 is 1. The lowest BCUT2D eigenvalue weighted by atomic mass is 10.1. The summed E-state index contributed by atoms with van der Waals surface area (Å²) >= 11 is 0. The molecular weight excluding hydrogens is 450 g/mol. The number of likely N-dealkylation sites (N-methyl/N-ethyl adjacent to an activating group) is 1. The second-order valence-electron chi connectivity index (χ2n) is 7.60. The number of hydrogen-bond donors (Lipinski definition) is 4. The number of amides is 1. The zero-order valence-electron chi connectivity index (χ0n) is 20.5. The lowest BCUT2D eigenvalue weighted by Crippen LogP contribution is -2.46. The lowest BCUT2D eigenvalue weighted by molar-refractivity contribution is -0.116. The van der Waals surface area contributed by atoms with Crippen LogP contribution in [-0.2, 0) is 25.7 Å². The molecule has 1 heterocycles. The number of nitrogens with two attached hydrogens (primary N) is 1. The van der Waals surface area contributed by atoms with E-state index in [2.05, 4.69) is 21.0 Å². The third kappa shape index (κ3) is 9.79. The molecule has 11 nitrogen and oxygen atoms in total. The van der Waals surface area contributed by atoms with Crippen molar-refractivity contribution >= 4 is 23.3 Å². The summed E-state index contributed by atoms with van der Waals surface area (Å²) < 4.78 is 10.7. The second-order valence-corrected chi connectivity index (χ2v) is 7.60. The van der Waals surface area contributed by atoms with Gasteiger partial charge in [-0.1, -0.05) is 41.6 Å². The molecule has 0 bridgehead atoms. The van der Waals surface area contributed by atoms with Gasteiger partial charge in [0.05, 0.1) is 18.4 Å². The van der Waals surface area contributed by atoms with Gasteiger partial charge in [-0.3, -0.25) is 21.1 Å². The van der Waals surface area contributed by atoms with Crippen LogP contribution >= 0.6 is 0 Å². The van der Waals surface area contributed by atoms with Crippen LogP contribution in [0.25, 0.3) is 0 Å². The van der Waals surface area contributed by atoms with Crippen molar-refractivity contribution in [2.45, 2.75) is 38.9 Å². The minimum Gasteiger partial charge on any atom is -0.389 e. The average Bonchev–Trinajstić information content (AvgIpc) is 2.87. The lowest BCUT2D eigenvalue weighted by Gasteiger charge is -2.18. The standard InChI is InChI=1S/C24H35N7O4/c1-4-34-20(17-33-3)13-9-15-22(32)28-21-14-8-12-19(27-21)16-35-29-23(24(25)31(2)30-26)18-10-6-5-7-11-18/h5-8,10-12,14,20,25,30H,4,9,13,15-17,26H2,1-3H3,(H,27,28,32)/b25-24?,29-23-. The number of rotatable bonds is 15. The number of oxime groups is 1. The van der Waals surface area contributed by atoms with Crippen molar-refractivity contribution in [1.29, 1.82) is 5.41 Å². The van der Waals surface area contributed by atoms with Crippen LogP contribution in [0.2, 0.25) is 0 Å². The van der Waals surface area contributed by atoms with Crippen LogP contribution in [-0.4, -0.2) is 60.9 Å². The van der Waals surface area contributed by atoms with Crippen LogP contribution in [0.15, 0.2) is 53.7 Å². The minimum atomic E-state index is -0.126. The molecule has 0 fully saturated rings. The van der Waals surface area contributed by atoms with E-state index in [1.54, 1.807) is 32.4 Å². The first-order valence-corrected chi connectivity index (χ1v) is 11.4. The number of hydrazine groups is 2. The zero-order valence-corrected chi connectivity index (χ0v) is 20.5. The van der Waals surface area contributed by atoms with Gasteiger partial charge >= 0.3 is 0 Å². The summed E-state index contributed by atoms with van der Waals surface area (Å²) in [4.78, 5) is 22.2. The molecule has 0 saturated heterocycles. The fraction of sp³-hybridized carbons (Fsp3) is 0.417. The van der Waals surface area contributed by atoms with Gasteiger partial charge in [0.1, 0.15) is 5.82 Å². The molecule has 0 aliphatic carbocycles. The second kappa shape index (κ2) is 15.5. The molecule has 1 unspecified atom stereocenters. The number of anilines is 1. The number of pyridine rings is 1. The summed E-state index contributed by atoms with van der Waals surface area (Å²) in [5.41, 5.74) is 3.96. The maximum atomic E-state index is 12.3. The number of hydrogen-bond acceptors (Lipinski definition) is 9. The van der Waals surface area contributed by atoms with Crippen molar-refractivity contribution in [2.24, 2.45) is 11.0 Å². The van der Waals surface area contributed by atoms with Gasteiger partial charge in [0.15, 0.2) is 18.2 Å². The average molecular weight is 486 g/mol. The molecule has 0 spiro atoms. The van der Waals surface area contributed by atoms with Gasteiger partial charge in [-0.2, -0.15) is 5.53 Å². The molecule has 2 aromatic rings. The van der Waals surface area contributed by atoms with Crippen molar-refractivity contribution < 1.29 is 19.1 Å². The van der Waals surface area contributed by atoms with Crippen molar-refractivity contribution in [3.63, 3.8) is 0 Å². The first-order chi connectivity index (χ1) is 17.0. The van der Waals surface area contributed by atoms with Crippen molar-refractivity contribution in [3.8, 4) is 0 Å². The Morgan fingerprint density at radius 2 is 2.00 bits per heavy atom. The number of benzene rings is 1. The fourth-order valence-corrected chi connectivity index (χ4v) is 3.18. The summed E-state index contributed by atoms with van der Waals surface area (Å²) in [6.45, 7) is 3.11. The summed E-state index contributed by atoms with van der Waals surface area (Å²) in [5.74, 6) is 5.76. The molecule has 0 aliphatic heterocycles. The number of carbonyl (C=O) groups excluding carboxylic acids is 1. The number of nitrogens with zero attached hydrogens (tertiary/aromatic N) is 3. The summed E-state index contributed by atoms with van der Waals surface area (Å²) in [6, 6.07) is 14.5. The van der Waals surface area contributed by atoms with Crippen molar-refractivity contribution in [1.82, 2.24) is 15.5 Å². The number of aromatic nitrogens is 1. The van der Waals surface area contributed by atoms with Gasteiger partial charge in [-0.15, -0.1) is 0 Å². The smallest absolute Gasteiger partial charge is 0.225 e. The zero-order chi connectivity index (χ0) is 25.5. The molecule has 1 aromatic heterocycles. The Hall–Kier alpha value is -3.38. The fourth-order valence-electron chi connectivity index (χ4n) is 3.18. The third-order valence-electron chi connectivity index (χ3n) is 4.93. The highest BCUT2D eigenvalue weighted by molar-refractivity contribution is 6.46. The molecule has 190 valence electrons. The van der Waals surface area contributed by atoms with Gasteiger partial charge < -0.3 is 19.6 Å². The molecule has 0 saturated carbocycles. The number of amidine groups is 1. The summed E-state index contributed by atoms with van der Waals surface area (Å²) in [6.07, 6.45) is 1.75. The first-order valence-electron chi connectivity index (χ1n) is 11.4. The molecule has 2 rings (SSSR count). The quantitative estimate of drug-likeness (QED) is 0.130. The molecule has 1 atom stereocenters. The van der Waals surface area contributed by atoms with Crippen LogP contribution in [0.1, 0.15) is 37.4 Å². The normalized spacial score (nSPS) is 12.2. The Kier molecular flexibility index (Phi) is 12.3. The Morgan fingerprint density at radius 3 is 2.69 bits per heavy atom. The Morgan fingerprint density at radius 1 is 1.23 bits per heavy atom. The molecule has 5 N–H and O–H groups in total. The van der Waals surface area contributed by atoms with Crippen LogP contribution in [0.3, 0.4) is 0 Å². The van der Waals surface area contributed by atoms with Crippen LogP contribution in [0, 0.1) is 5.41 Å². The molecule has 35 heavy (non-hydrogen) atoms. The van der Waals surface area contributed by atoms with Gasteiger partial charge in [0, 0.05) is 32.7 Å². The van der Waals surface area contributed by atoms with E-state index in [4.69, 9.17) is 25.6 Å². The number of nitrogens with one attached hydrogen (secondary N) is 3. The van der Waals surface area contributed by atoms with E-state index in [9.17, 15) is 4.79 Å². The highest BCUT2D eigenvalue weighted by Gasteiger charge is 2.15. The molecule has 11 heteroatoms. The third-order valence-corrected chi connectivity index (χ3v) is 4.93. The topological polar surface area (TPSA) is 147 Å². The maximum absolute atomic E-state index is 12.3. The minimum absolute atomic E-state index is 0.0142. The predicted molar refractivity (Wildman–Crippen MR) is 135 cm³/mol. The van der Waals surface area contributed by atoms with Crippen molar-refractivity contribution in [2.75, 3.05) is 32.7 Å². The van der Waals surface area contributed by atoms with Crippen molar-refractivity contribution in [3.05, 3.63) is 59.8 Å². The molecule has 0 aliphatic rings. The summed E-state index contributed by atoms with van der Waals surface area (Å²) in [5, 5.41) is 16.6. The van der Waals surface area contributed by atoms with E-state index in [1.165, 1.54) is 5.01 Å². The Labute approximate surface area is 206 Å².